The molecule has 1 atom stereocenters. The molecule has 1 saturated heterocycles. The Hall–Kier alpha value is -1.55. The van der Waals surface area contributed by atoms with Crippen molar-refractivity contribution in [2.45, 2.75) is 12.5 Å². The highest BCUT2D eigenvalue weighted by molar-refractivity contribution is 5.95. The molecule has 0 aliphatic carbocycles. The second-order valence-corrected chi connectivity index (χ2v) is 4.61. The van der Waals surface area contributed by atoms with E-state index in [0.29, 0.717) is 0 Å². The first-order valence-corrected chi connectivity index (χ1v) is 5.96. The number of hydrogen-bond donors (Lipinski definition) is 2. The van der Waals surface area contributed by atoms with E-state index >= 15 is 0 Å². The van der Waals surface area contributed by atoms with Crippen molar-refractivity contribution in [1.82, 2.24) is 10.6 Å². The third-order valence-corrected chi connectivity index (χ3v) is 3.02. The second kappa shape index (κ2) is 5.19. The van der Waals surface area contributed by atoms with Gasteiger partial charge in [-0.05, 0) is 31.2 Å². The summed E-state index contributed by atoms with van der Waals surface area (Å²) in [5.74, 6) is 0.0161. The van der Waals surface area contributed by atoms with Gasteiger partial charge in [0.2, 0.25) is 0 Å². The first kappa shape index (κ1) is 11.9. The van der Waals surface area contributed by atoms with Gasteiger partial charge in [-0.25, -0.2) is 0 Å². The predicted octanol–water partition coefficient (Wildman–Crippen LogP) is 0.844. The van der Waals surface area contributed by atoms with Gasteiger partial charge in [-0.2, -0.15) is 0 Å². The lowest BCUT2D eigenvalue weighted by atomic mass is 10.1. The van der Waals surface area contributed by atoms with Crippen LogP contribution in [0.4, 0.5) is 5.69 Å². The molecule has 0 unspecified atom stereocenters. The van der Waals surface area contributed by atoms with Crippen molar-refractivity contribution in [2.75, 3.05) is 32.1 Å². The maximum Gasteiger partial charge on any atom is 0.251 e. The summed E-state index contributed by atoms with van der Waals surface area (Å²) in [4.78, 5) is 14.0. The van der Waals surface area contributed by atoms with Crippen molar-refractivity contribution < 1.29 is 4.79 Å². The van der Waals surface area contributed by atoms with Gasteiger partial charge in [-0.3, -0.25) is 4.79 Å². The highest BCUT2D eigenvalue weighted by Crippen LogP contribution is 2.13. The van der Waals surface area contributed by atoms with Crippen LogP contribution in [0.3, 0.4) is 0 Å². The zero-order valence-corrected chi connectivity index (χ0v) is 10.4. The van der Waals surface area contributed by atoms with Gasteiger partial charge in [-0.15, -0.1) is 0 Å². The molecule has 4 nitrogen and oxygen atoms in total. The van der Waals surface area contributed by atoms with Gasteiger partial charge in [0.05, 0.1) is 0 Å². The number of rotatable bonds is 3. The number of benzene rings is 1. The number of nitrogens with zero attached hydrogens (tertiary/aromatic N) is 1. The molecule has 17 heavy (non-hydrogen) atoms. The predicted molar refractivity (Wildman–Crippen MR) is 69.5 cm³/mol. The fourth-order valence-corrected chi connectivity index (χ4v) is 1.97. The van der Waals surface area contributed by atoms with Crippen LogP contribution in [0.25, 0.3) is 0 Å². The highest BCUT2D eigenvalue weighted by atomic mass is 16.1. The van der Waals surface area contributed by atoms with Crippen LogP contribution >= 0.6 is 0 Å². The average Bonchev–Trinajstić information content (AvgIpc) is 2.82. The molecular weight excluding hydrogens is 214 g/mol. The van der Waals surface area contributed by atoms with E-state index < -0.39 is 0 Å². The van der Waals surface area contributed by atoms with E-state index in [1.165, 1.54) is 0 Å². The molecule has 1 aromatic carbocycles. The summed E-state index contributed by atoms with van der Waals surface area (Å²) in [6.45, 7) is 1.86. The van der Waals surface area contributed by atoms with Crippen LogP contribution in [0.1, 0.15) is 16.8 Å². The minimum absolute atomic E-state index is 0.0161. The molecule has 1 amide bonds. The molecule has 1 aliphatic rings. The SMILES string of the molecule is CN(C)c1cccc(C(=O)N[C@H]2CCNC2)c1. The zero-order chi connectivity index (χ0) is 12.3. The lowest BCUT2D eigenvalue weighted by Gasteiger charge is -2.15. The Labute approximate surface area is 102 Å². The van der Waals surface area contributed by atoms with Crippen LogP contribution < -0.4 is 15.5 Å². The number of carbonyl (C=O) groups is 1. The summed E-state index contributed by atoms with van der Waals surface area (Å²) < 4.78 is 0. The van der Waals surface area contributed by atoms with Gasteiger partial charge in [0.15, 0.2) is 0 Å². The molecule has 4 heteroatoms. The minimum atomic E-state index is 0.0161. The molecule has 0 radical (unpaired) electrons. The lowest BCUT2D eigenvalue weighted by Crippen LogP contribution is -2.36. The third kappa shape index (κ3) is 2.97. The Kier molecular flexibility index (Phi) is 3.64. The molecule has 1 aliphatic heterocycles. The quantitative estimate of drug-likeness (QED) is 0.813. The molecule has 1 aromatic rings. The topological polar surface area (TPSA) is 44.4 Å². The summed E-state index contributed by atoms with van der Waals surface area (Å²) in [6, 6.07) is 7.94. The lowest BCUT2D eigenvalue weighted by molar-refractivity contribution is 0.0940. The third-order valence-electron chi connectivity index (χ3n) is 3.02. The minimum Gasteiger partial charge on any atom is -0.378 e. The van der Waals surface area contributed by atoms with Crippen LogP contribution in [0.2, 0.25) is 0 Å². The van der Waals surface area contributed by atoms with Crippen molar-refractivity contribution in [3.05, 3.63) is 29.8 Å². The Morgan fingerprint density at radius 1 is 1.47 bits per heavy atom. The average molecular weight is 233 g/mol. The maximum absolute atomic E-state index is 12.0. The highest BCUT2D eigenvalue weighted by Gasteiger charge is 2.17. The molecule has 92 valence electrons. The first-order chi connectivity index (χ1) is 8.16. The van der Waals surface area contributed by atoms with Crippen molar-refractivity contribution in [2.24, 2.45) is 0 Å². The van der Waals surface area contributed by atoms with Crippen LogP contribution in [-0.4, -0.2) is 39.1 Å². The monoisotopic (exact) mass is 233 g/mol. The van der Waals surface area contributed by atoms with Crippen molar-refractivity contribution in [3.63, 3.8) is 0 Å². The van der Waals surface area contributed by atoms with Crippen molar-refractivity contribution >= 4 is 11.6 Å². The van der Waals surface area contributed by atoms with Crippen molar-refractivity contribution in [1.29, 1.82) is 0 Å². The van der Waals surface area contributed by atoms with Gasteiger partial charge in [0.1, 0.15) is 0 Å². The van der Waals surface area contributed by atoms with Crippen LogP contribution in [0, 0.1) is 0 Å². The molecule has 1 heterocycles. The Morgan fingerprint density at radius 2 is 2.29 bits per heavy atom. The summed E-state index contributed by atoms with van der Waals surface area (Å²) in [7, 11) is 3.94. The van der Waals surface area contributed by atoms with Crippen molar-refractivity contribution in [3.8, 4) is 0 Å². The summed E-state index contributed by atoms with van der Waals surface area (Å²) in [6.07, 6.45) is 1.01. The van der Waals surface area contributed by atoms with E-state index in [2.05, 4.69) is 10.6 Å². The van der Waals surface area contributed by atoms with Gasteiger partial charge < -0.3 is 15.5 Å². The summed E-state index contributed by atoms with van der Waals surface area (Å²) in [5.41, 5.74) is 1.77. The largest absolute Gasteiger partial charge is 0.378 e. The number of nitrogens with one attached hydrogen (secondary N) is 2. The van der Waals surface area contributed by atoms with Crippen LogP contribution in [0.5, 0.6) is 0 Å². The molecule has 0 saturated carbocycles. The second-order valence-electron chi connectivity index (χ2n) is 4.61. The molecule has 0 bridgehead atoms. The van der Waals surface area contributed by atoms with Gasteiger partial charge in [0, 0.05) is 37.9 Å². The standard InChI is InChI=1S/C13H19N3O/c1-16(2)12-5-3-4-10(8-12)13(17)15-11-6-7-14-9-11/h3-5,8,11,14H,6-7,9H2,1-2H3,(H,15,17)/t11-/m0/s1. The van der Waals surface area contributed by atoms with Gasteiger partial charge >= 0.3 is 0 Å². The van der Waals surface area contributed by atoms with Crippen LogP contribution in [0.15, 0.2) is 24.3 Å². The normalized spacial score (nSPS) is 19.1. The van der Waals surface area contributed by atoms with E-state index in [1.807, 2.05) is 43.3 Å². The van der Waals surface area contributed by atoms with Gasteiger partial charge in [0.25, 0.3) is 5.91 Å². The van der Waals surface area contributed by atoms with E-state index in [0.717, 1.165) is 30.8 Å². The maximum atomic E-state index is 12.0. The van der Waals surface area contributed by atoms with E-state index in [-0.39, 0.29) is 11.9 Å². The number of anilines is 1. The fourth-order valence-electron chi connectivity index (χ4n) is 1.97. The van der Waals surface area contributed by atoms with Crippen LogP contribution in [-0.2, 0) is 0 Å². The van der Waals surface area contributed by atoms with Gasteiger partial charge in [-0.1, -0.05) is 6.07 Å². The first-order valence-electron chi connectivity index (χ1n) is 5.96. The number of carbonyl (C=O) groups excluding carboxylic acids is 1. The molecule has 2 N–H and O–H groups in total. The Balaban J connectivity index is 2.05. The van der Waals surface area contributed by atoms with E-state index in [1.54, 1.807) is 0 Å². The molecule has 0 spiro atoms. The molecule has 2 rings (SSSR count). The Morgan fingerprint density at radius 3 is 2.94 bits per heavy atom. The molecule has 1 fully saturated rings. The summed E-state index contributed by atoms with van der Waals surface area (Å²) >= 11 is 0. The smallest absolute Gasteiger partial charge is 0.251 e. The number of amides is 1. The zero-order valence-electron chi connectivity index (χ0n) is 10.4. The molecular formula is C13H19N3O. The molecule has 0 aromatic heterocycles. The fraction of sp³-hybridized carbons (Fsp3) is 0.462. The van der Waals surface area contributed by atoms with E-state index in [4.69, 9.17) is 0 Å². The number of hydrogen-bond acceptors (Lipinski definition) is 3. The Bertz CT molecular complexity index is 397. The summed E-state index contributed by atoms with van der Waals surface area (Å²) in [5, 5.41) is 6.28. The van der Waals surface area contributed by atoms with E-state index in [9.17, 15) is 4.79 Å².